The molecule has 0 atom stereocenters. The summed E-state index contributed by atoms with van der Waals surface area (Å²) in [6.07, 6.45) is 5.42. The summed E-state index contributed by atoms with van der Waals surface area (Å²) in [5.41, 5.74) is 0. The molecule has 1 aromatic heterocycles. The molecule has 2 nitrogen and oxygen atoms in total. The van der Waals surface area contributed by atoms with Gasteiger partial charge >= 0.3 is 0 Å². The van der Waals surface area contributed by atoms with Gasteiger partial charge in [0.1, 0.15) is 0 Å². The third-order valence-electron chi connectivity index (χ3n) is 1.69. The first-order valence-electron chi connectivity index (χ1n) is 4.25. The Labute approximate surface area is 68.2 Å². The van der Waals surface area contributed by atoms with E-state index in [0.717, 1.165) is 19.6 Å². The lowest BCUT2D eigenvalue weighted by Crippen LogP contribution is -2.15. The van der Waals surface area contributed by atoms with Gasteiger partial charge in [-0.25, -0.2) is 0 Å². The number of aryl methyl sites for hydroxylation is 1. The van der Waals surface area contributed by atoms with E-state index in [4.69, 9.17) is 0 Å². The molecule has 0 aromatic carbocycles. The average molecular weight is 152 g/mol. The zero-order valence-electron chi connectivity index (χ0n) is 7.09. The Morgan fingerprint density at radius 2 is 2.00 bits per heavy atom. The van der Waals surface area contributed by atoms with Gasteiger partial charge in [-0.1, -0.05) is 6.92 Å². The summed E-state index contributed by atoms with van der Waals surface area (Å²) in [5.74, 6) is 0. The molecule has 1 heterocycles. The molecule has 0 amide bonds. The van der Waals surface area contributed by atoms with E-state index >= 15 is 0 Å². The lowest BCUT2D eigenvalue weighted by molar-refractivity contribution is 0.594. The predicted octanol–water partition coefficient (Wildman–Crippen LogP) is 1.49. The molecule has 0 aliphatic rings. The Bertz CT molecular complexity index is 168. The molecule has 0 aliphatic heterocycles. The number of aromatic nitrogens is 1. The van der Waals surface area contributed by atoms with Crippen molar-refractivity contribution >= 4 is 0 Å². The van der Waals surface area contributed by atoms with Crippen LogP contribution in [0.2, 0.25) is 0 Å². The largest absolute Gasteiger partial charge is 0.354 e. The van der Waals surface area contributed by atoms with E-state index in [1.54, 1.807) is 0 Å². The molecule has 0 radical (unpaired) electrons. The Balaban J connectivity index is 2.04. The Hall–Kier alpha value is -0.760. The maximum atomic E-state index is 3.30. The molecular formula is C9H16N2. The van der Waals surface area contributed by atoms with Crippen LogP contribution in [0.25, 0.3) is 0 Å². The molecule has 0 bridgehead atoms. The van der Waals surface area contributed by atoms with E-state index in [2.05, 4.69) is 41.3 Å². The molecule has 0 fully saturated rings. The Morgan fingerprint density at radius 1 is 1.27 bits per heavy atom. The highest BCUT2D eigenvalue weighted by Gasteiger charge is 1.87. The third-order valence-corrected chi connectivity index (χ3v) is 1.69. The molecule has 1 N–H and O–H groups in total. The molecule has 0 aliphatic carbocycles. The molecule has 0 unspecified atom stereocenters. The first kappa shape index (κ1) is 8.34. The van der Waals surface area contributed by atoms with Gasteiger partial charge in [0.05, 0.1) is 0 Å². The topological polar surface area (TPSA) is 17.0 Å². The van der Waals surface area contributed by atoms with Crippen LogP contribution in [-0.2, 0) is 6.54 Å². The standard InChI is InChI=1S/C9H16N2/c1-2-10-6-5-9-11-7-3-4-8-11/h3-4,7-8,10H,2,5-6,9H2,1H3. The first-order chi connectivity index (χ1) is 5.43. The molecule has 62 valence electrons. The zero-order chi connectivity index (χ0) is 7.94. The van der Waals surface area contributed by atoms with Crippen LogP contribution in [0, 0.1) is 0 Å². The molecule has 1 aromatic rings. The second kappa shape index (κ2) is 4.97. The number of rotatable bonds is 5. The lowest BCUT2D eigenvalue weighted by atomic mass is 10.4. The minimum absolute atomic E-state index is 1.08. The molecule has 2 heteroatoms. The average Bonchev–Trinajstić information content (AvgIpc) is 2.50. The zero-order valence-corrected chi connectivity index (χ0v) is 7.09. The molecule has 11 heavy (non-hydrogen) atoms. The minimum atomic E-state index is 1.08. The number of hydrogen-bond donors (Lipinski definition) is 1. The van der Waals surface area contributed by atoms with Crippen molar-refractivity contribution in [1.29, 1.82) is 0 Å². The molecule has 1 rings (SSSR count). The highest BCUT2D eigenvalue weighted by molar-refractivity contribution is 4.89. The second-order valence-corrected chi connectivity index (χ2v) is 2.63. The van der Waals surface area contributed by atoms with Crippen LogP contribution in [0.15, 0.2) is 24.5 Å². The summed E-state index contributed by atoms with van der Waals surface area (Å²) in [6, 6.07) is 4.13. The van der Waals surface area contributed by atoms with Gasteiger partial charge < -0.3 is 9.88 Å². The van der Waals surface area contributed by atoms with Crippen molar-refractivity contribution in [3.05, 3.63) is 24.5 Å². The van der Waals surface area contributed by atoms with Crippen LogP contribution in [0.4, 0.5) is 0 Å². The fraction of sp³-hybridized carbons (Fsp3) is 0.556. The maximum Gasteiger partial charge on any atom is 0.0231 e. The highest BCUT2D eigenvalue weighted by Crippen LogP contribution is 1.91. The maximum absolute atomic E-state index is 3.30. The molecule has 0 saturated carbocycles. The predicted molar refractivity (Wildman–Crippen MR) is 47.6 cm³/mol. The normalized spacial score (nSPS) is 10.3. The fourth-order valence-corrected chi connectivity index (χ4v) is 1.08. The molecule has 0 saturated heterocycles. The summed E-state index contributed by atoms with van der Waals surface area (Å²) < 4.78 is 2.21. The first-order valence-corrected chi connectivity index (χ1v) is 4.25. The van der Waals surface area contributed by atoms with Gasteiger partial charge in [0, 0.05) is 18.9 Å². The van der Waals surface area contributed by atoms with Crippen LogP contribution in [0.3, 0.4) is 0 Å². The fourth-order valence-electron chi connectivity index (χ4n) is 1.08. The smallest absolute Gasteiger partial charge is 0.0231 e. The quantitative estimate of drug-likeness (QED) is 0.632. The Kier molecular flexibility index (Phi) is 3.76. The summed E-state index contributed by atoms with van der Waals surface area (Å²) >= 11 is 0. The van der Waals surface area contributed by atoms with Crippen LogP contribution in [-0.4, -0.2) is 17.7 Å². The van der Waals surface area contributed by atoms with Gasteiger partial charge in [0.2, 0.25) is 0 Å². The number of hydrogen-bond acceptors (Lipinski definition) is 1. The van der Waals surface area contributed by atoms with Crippen LogP contribution < -0.4 is 5.32 Å². The summed E-state index contributed by atoms with van der Waals surface area (Å²) in [7, 11) is 0. The van der Waals surface area contributed by atoms with Gasteiger partial charge in [-0.3, -0.25) is 0 Å². The van der Waals surface area contributed by atoms with E-state index in [9.17, 15) is 0 Å². The van der Waals surface area contributed by atoms with E-state index < -0.39 is 0 Å². The SMILES string of the molecule is CCNCCCn1cccc1. The van der Waals surface area contributed by atoms with Gasteiger partial charge in [-0.05, 0) is 31.6 Å². The van der Waals surface area contributed by atoms with Gasteiger partial charge in [0.15, 0.2) is 0 Å². The van der Waals surface area contributed by atoms with Crippen LogP contribution in [0.5, 0.6) is 0 Å². The van der Waals surface area contributed by atoms with Crippen molar-refractivity contribution in [2.45, 2.75) is 19.9 Å². The Morgan fingerprint density at radius 3 is 2.64 bits per heavy atom. The second-order valence-electron chi connectivity index (χ2n) is 2.63. The van der Waals surface area contributed by atoms with Crippen LogP contribution in [0.1, 0.15) is 13.3 Å². The van der Waals surface area contributed by atoms with Gasteiger partial charge in [-0.2, -0.15) is 0 Å². The van der Waals surface area contributed by atoms with Gasteiger partial charge in [-0.15, -0.1) is 0 Å². The highest BCUT2D eigenvalue weighted by atomic mass is 14.9. The van der Waals surface area contributed by atoms with Gasteiger partial charge in [0.25, 0.3) is 0 Å². The van der Waals surface area contributed by atoms with Crippen LogP contribution >= 0.6 is 0 Å². The summed E-state index contributed by atoms with van der Waals surface area (Å²) in [4.78, 5) is 0. The number of nitrogens with one attached hydrogen (secondary N) is 1. The van der Waals surface area contributed by atoms with Crippen molar-refractivity contribution in [2.24, 2.45) is 0 Å². The van der Waals surface area contributed by atoms with E-state index in [1.165, 1.54) is 6.42 Å². The number of nitrogens with zero attached hydrogens (tertiary/aromatic N) is 1. The van der Waals surface area contributed by atoms with Crippen molar-refractivity contribution in [2.75, 3.05) is 13.1 Å². The van der Waals surface area contributed by atoms with Crippen molar-refractivity contribution in [3.63, 3.8) is 0 Å². The van der Waals surface area contributed by atoms with Crippen molar-refractivity contribution in [1.82, 2.24) is 9.88 Å². The monoisotopic (exact) mass is 152 g/mol. The van der Waals surface area contributed by atoms with E-state index in [-0.39, 0.29) is 0 Å². The summed E-state index contributed by atoms with van der Waals surface area (Å²) in [5, 5.41) is 3.30. The molecule has 0 spiro atoms. The molecular weight excluding hydrogens is 136 g/mol. The van der Waals surface area contributed by atoms with E-state index in [0.29, 0.717) is 0 Å². The van der Waals surface area contributed by atoms with E-state index in [1.807, 2.05) is 0 Å². The third kappa shape index (κ3) is 3.23. The minimum Gasteiger partial charge on any atom is -0.354 e. The lowest BCUT2D eigenvalue weighted by Gasteiger charge is -2.02. The van der Waals surface area contributed by atoms with Crippen molar-refractivity contribution in [3.8, 4) is 0 Å². The van der Waals surface area contributed by atoms with Crippen molar-refractivity contribution < 1.29 is 0 Å². The summed E-state index contributed by atoms with van der Waals surface area (Å²) in [6.45, 7) is 5.45.